The quantitative estimate of drug-likeness (QED) is 0.799. The van der Waals surface area contributed by atoms with Gasteiger partial charge in [0.15, 0.2) is 0 Å². The van der Waals surface area contributed by atoms with Crippen LogP contribution in [0.25, 0.3) is 0 Å². The van der Waals surface area contributed by atoms with Crippen molar-refractivity contribution in [2.75, 3.05) is 40.8 Å². The second kappa shape index (κ2) is 6.89. The molecular weight excluding hydrogens is 242 g/mol. The molecule has 1 fully saturated rings. The molecule has 5 heteroatoms. The van der Waals surface area contributed by atoms with Gasteiger partial charge in [-0.3, -0.25) is 9.59 Å². The number of carbonyl (C=O) groups is 2. The van der Waals surface area contributed by atoms with Gasteiger partial charge in [0, 0.05) is 21.1 Å². The second-order valence-electron chi connectivity index (χ2n) is 5.73. The van der Waals surface area contributed by atoms with Gasteiger partial charge in [0.2, 0.25) is 11.8 Å². The number of rotatable bonds is 5. The minimum atomic E-state index is -0.263. The highest BCUT2D eigenvalue weighted by atomic mass is 16.2. The third-order valence-electron chi connectivity index (χ3n) is 3.96. The molecule has 0 aromatic carbocycles. The number of amides is 2. The van der Waals surface area contributed by atoms with Crippen LogP contribution in [0.5, 0.6) is 0 Å². The summed E-state index contributed by atoms with van der Waals surface area (Å²) >= 11 is 0. The lowest BCUT2D eigenvalue weighted by atomic mass is 9.74. The summed E-state index contributed by atoms with van der Waals surface area (Å²) in [6, 6.07) is 0. The minimum absolute atomic E-state index is 0.0311. The molecule has 1 heterocycles. The molecule has 1 N–H and O–H groups in total. The normalized spacial score (nSPS) is 17.9. The van der Waals surface area contributed by atoms with Gasteiger partial charge in [0.25, 0.3) is 0 Å². The Balaban J connectivity index is 2.73. The topological polar surface area (TPSA) is 52.7 Å². The first-order valence-electron chi connectivity index (χ1n) is 7.09. The molecule has 5 nitrogen and oxygen atoms in total. The first kappa shape index (κ1) is 16.0. The van der Waals surface area contributed by atoms with Crippen molar-refractivity contribution < 1.29 is 9.59 Å². The van der Waals surface area contributed by atoms with E-state index in [1.807, 2.05) is 0 Å². The van der Waals surface area contributed by atoms with Gasteiger partial charge >= 0.3 is 0 Å². The molecule has 2 amide bonds. The van der Waals surface area contributed by atoms with Crippen molar-refractivity contribution in [3.05, 3.63) is 0 Å². The average Bonchev–Trinajstić information content (AvgIpc) is 2.39. The maximum atomic E-state index is 12.7. The highest BCUT2D eigenvalue weighted by molar-refractivity contribution is 5.87. The monoisotopic (exact) mass is 269 g/mol. The van der Waals surface area contributed by atoms with Gasteiger partial charge in [-0.2, -0.15) is 0 Å². The first-order chi connectivity index (χ1) is 8.93. The summed E-state index contributed by atoms with van der Waals surface area (Å²) in [6.07, 6.45) is 3.66. The van der Waals surface area contributed by atoms with E-state index in [9.17, 15) is 9.59 Å². The molecule has 0 aliphatic carbocycles. The van der Waals surface area contributed by atoms with E-state index >= 15 is 0 Å². The summed E-state index contributed by atoms with van der Waals surface area (Å²) in [7, 11) is 5.17. The molecule has 19 heavy (non-hydrogen) atoms. The molecule has 1 rings (SSSR count). The molecule has 110 valence electrons. The van der Waals surface area contributed by atoms with E-state index in [4.69, 9.17) is 0 Å². The third-order valence-corrected chi connectivity index (χ3v) is 3.96. The molecule has 0 bridgehead atoms. The highest BCUT2D eigenvalue weighted by Gasteiger charge is 2.40. The lowest BCUT2D eigenvalue weighted by Gasteiger charge is -2.39. The zero-order chi connectivity index (χ0) is 14.5. The van der Waals surface area contributed by atoms with Crippen LogP contribution < -0.4 is 5.32 Å². The van der Waals surface area contributed by atoms with Crippen molar-refractivity contribution in [2.24, 2.45) is 5.41 Å². The number of carbonyl (C=O) groups excluding carboxylic acids is 2. The molecular formula is C14H27N3O2. The van der Waals surface area contributed by atoms with E-state index in [-0.39, 0.29) is 23.8 Å². The average molecular weight is 269 g/mol. The Morgan fingerprint density at radius 1 is 1.16 bits per heavy atom. The summed E-state index contributed by atoms with van der Waals surface area (Å²) in [5.41, 5.74) is -0.263. The highest BCUT2D eigenvalue weighted by Crippen LogP contribution is 2.35. The number of likely N-dealkylation sites (N-methyl/N-ethyl adjacent to an activating group) is 2. The lowest BCUT2D eigenvalue weighted by molar-refractivity contribution is -0.147. The van der Waals surface area contributed by atoms with Crippen LogP contribution >= 0.6 is 0 Å². The van der Waals surface area contributed by atoms with E-state index in [1.165, 1.54) is 4.90 Å². The number of nitrogens with zero attached hydrogens (tertiary/aromatic N) is 2. The summed E-state index contributed by atoms with van der Waals surface area (Å²) < 4.78 is 0. The summed E-state index contributed by atoms with van der Waals surface area (Å²) in [4.78, 5) is 27.5. The van der Waals surface area contributed by atoms with Crippen molar-refractivity contribution >= 4 is 11.8 Å². The molecule has 1 saturated heterocycles. The fourth-order valence-corrected chi connectivity index (χ4v) is 2.78. The summed E-state index contributed by atoms with van der Waals surface area (Å²) in [5, 5.41) is 3.30. The van der Waals surface area contributed by atoms with Gasteiger partial charge < -0.3 is 15.1 Å². The number of hydrogen-bond acceptors (Lipinski definition) is 3. The molecule has 0 aromatic heterocycles. The van der Waals surface area contributed by atoms with Crippen molar-refractivity contribution in [2.45, 2.75) is 32.6 Å². The Morgan fingerprint density at radius 3 is 2.21 bits per heavy atom. The van der Waals surface area contributed by atoms with Crippen molar-refractivity contribution in [1.82, 2.24) is 15.1 Å². The van der Waals surface area contributed by atoms with Gasteiger partial charge in [-0.05, 0) is 32.4 Å². The Morgan fingerprint density at radius 2 is 1.74 bits per heavy atom. The lowest BCUT2D eigenvalue weighted by Crippen LogP contribution is -2.50. The first-order valence-corrected chi connectivity index (χ1v) is 7.09. The van der Waals surface area contributed by atoms with Gasteiger partial charge in [0.1, 0.15) is 0 Å². The van der Waals surface area contributed by atoms with Gasteiger partial charge in [-0.15, -0.1) is 0 Å². The van der Waals surface area contributed by atoms with Crippen molar-refractivity contribution in [1.29, 1.82) is 0 Å². The predicted octanol–water partition coefficient (Wildman–Crippen LogP) is 0.703. The van der Waals surface area contributed by atoms with Crippen LogP contribution in [0.2, 0.25) is 0 Å². The van der Waals surface area contributed by atoms with E-state index < -0.39 is 0 Å². The minimum Gasteiger partial charge on any atom is -0.347 e. The molecule has 1 aliphatic rings. The van der Waals surface area contributed by atoms with Gasteiger partial charge in [-0.1, -0.05) is 13.3 Å². The number of hydrogen-bond donors (Lipinski definition) is 1. The predicted molar refractivity (Wildman–Crippen MR) is 75.8 cm³/mol. The smallest absolute Gasteiger partial charge is 0.241 e. The number of nitrogens with one attached hydrogen (secondary N) is 1. The van der Waals surface area contributed by atoms with E-state index in [2.05, 4.69) is 12.2 Å². The van der Waals surface area contributed by atoms with Gasteiger partial charge in [0.05, 0.1) is 12.0 Å². The standard InChI is InChI=1S/C14H27N3O2/c1-5-6-14(7-9-15-10-8-14)13(19)17(4)11-12(18)16(2)3/h15H,5-11H2,1-4H3. The molecule has 0 aromatic rings. The van der Waals surface area contributed by atoms with Crippen LogP contribution in [0.1, 0.15) is 32.6 Å². The Labute approximate surface area is 116 Å². The van der Waals surface area contributed by atoms with E-state index in [0.29, 0.717) is 0 Å². The van der Waals surface area contributed by atoms with Crippen LogP contribution in [0.3, 0.4) is 0 Å². The Bertz CT molecular complexity index is 317. The summed E-state index contributed by atoms with van der Waals surface area (Å²) in [6.45, 7) is 4.06. The zero-order valence-electron chi connectivity index (χ0n) is 12.7. The Hall–Kier alpha value is -1.10. The van der Waals surface area contributed by atoms with Gasteiger partial charge in [-0.25, -0.2) is 0 Å². The molecule has 1 aliphatic heterocycles. The van der Waals surface area contributed by atoms with E-state index in [0.717, 1.165) is 38.8 Å². The van der Waals surface area contributed by atoms with Crippen LogP contribution in [0.15, 0.2) is 0 Å². The molecule has 0 saturated carbocycles. The third kappa shape index (κ3) is 3.93. The van der Waals surface area contributed by atoms with Crippen LogP contribution in [0, 0.1) is 5.41 Å². The number of piperidine rings is 1. The molecule has 0 radical (unpaired) electrons. The summed E-state index contributed by atoms with van der Waals surface area (Å²) in [5.74, 6) is 0.0995. The molecule has 0 unspecified atom stereocenters. The van der Waals surface area contributed by atoms with Crippen LogP contribution in [0.4, 0.5) is 0 Å². The second-order valence-corrected chi connectivity index (χ2v) is 5.73. The fraction of sp³-hybridized carbons (Fsp3) is 0.857. The SMILES string of the molecule is CCCC1(C(=O)N(C)CC(=O)N(C)C)CCNCC1. The zero-order valence-corrected chi connectivity index (χ0v) is 12.7. The van der Waals surface area contributed by atoms with Crippen molar-refractivity contribution in [3.63, 3.8) is 0 Å². The van der Waals surface area contributed by atoms with E-state index in [1.54, 1.807) is 26.0 Å². The molecule has 0 atom stereocenters. The molecule has 0 spiro atoms. The fourth-order valence-electron chi connectivity index (χ4n) is 2.78. The Kier molecular flexibility index (Phi) is 5.79. The van der Waals surface area contributed by atoms with Crippen molar-refractivity contribution in [3.8, 4) is 0 Å². The van der Waals surface area contributed by atoms with Crippen LogP contribution in [-0.4, -0.2) is 62.4 Å². The van der Waals surface area contributed by atoms with Crippen LogP contribution in [-0.2, 0) is 9.59 Å². The maximum Gasteiger partial charge on any atom is 0.241 e. The maximum absolute atomic E-state index is 12.7. The largest absolute Gasteiger partial charge is 0.347 e.